The van der Waals surface area contributed by atoms with Crippen LogP contribution in [-0.2, 0) is 9.59 Å². The number of carboxylic acids is 1. The molecule has 1 amide bonds. The topological polar surface area (TPSA) is 69.2 Å². The number of nitrogens with one attached hydrogen (secondary N) is 1. The van der Waals surface area contributed by atoms with Crippen LogP contribution in [0.5, 0.6) is 0 Å². The van der Waals surface area contributed by atoms with Crippen LogP contribution in [-0.4, -0.2) is 11.9 Å². The number of carbonyl (C=O) groups excluding carboxylic acids is 2. The summed E-state index contributed by atoms with van der Waals surface area (Å²) < 4.78 is 0. The summed E-state index contributed by atoms with van der Waals surface area (Å²) in [6.07, 6.45) is 6.01. The lowest BCUT2D eigenvalue weighted by molar-refractivity contribution is -0.313. The van der Waals surface area contributed by atoms with Crippen LogP contribution in [0.4, 0.5) is 5.69 Å². The fraction of sp³-hybridized carbons (Fsp3) is 0.412. The Morgan fingerprint density at radius 1 is 1.09 bits per heavy atom. The van der Waals surface area contributed by atoms with Crippen molar-refractivity contribution in [2.75, 3.05) is 5.32 Å². The van der Waals surface area contributed by atoms with E-state index in [-0.39, 0.29) is 23.2 Å². The van der Waals surface area contributed by atoms with E-state index < -0.39 is 17.8 Å². The molecule has 1 aromatic rings. The summed E-state index contributed by atoms with van der Waals surface area (Å²) in [5.74, 6) is -2.64. The minimum atomic E-state index is -1.11. The van der Waals surface area contributed by atoms with Crippen LogP contribution < -0.4 is 10.4 Å². The Kier molecular flexibility index (Phi) is 2.89. The van der Waals surface area contributed by atoms with Gasteiger partial charge in [0.25, 0.3) is 0 Å². The predicted molar refractivity (Wildman–Crippen MR) is 79.9 cm³/mol. The van der Waals surface area contributed by atoms with Gasteiger partial charge < -0.3 is 15.2 Å². The van der Waals surface area contributed by atoms with Gasteiger partial charge in [-0.05, 0) is 54.4 Å². The number of benzene rings is 1. The van der Waals surface area contributed by atoms with Crippen LogP contribution in [0, 0.1) is 29.1 Å². The summed E-state index contributed by atoms with van der Waals surface area (Å²) in [6, 6.07) is 6.81. The van der Waals surface area contributed by atoms with E-state index in [2.05, 4.69) is 5.32 Å². The molecule has 1 aromatic carbocycles. The molecule has 22 heavy (non-hydrogen) atoms. The van der Waals surface area contributed by atoms with E-state index in [1.54, 1.807) is 24.3 Å². The van der Waals surface area contributed by atoms with Crippen molar-refractivity contribution in [1.82, 2.24) is 0 Å². The summed E-state index contributed by atoms with van der Waals surface area (Å²) in [4.78, 5) is 24.2. The van der Waals surface area contributed by atoms with E-state index in [0.717, 1.165) is 12.8 Å². The lowest BCUT2D eigenvalue weighted by Gasteiger charge is -2.27. The fourth-order valence-corrected chi connectivity index (χ4v) is 4.56. The smallest absolute Gasteiger partial charge is 0.228 e. The van der Waals surface area contributed by atoms with Gasteiger partial charge in [0.2, 0.25) is 5.91 Å². The molecule has 5 heteroatoms. The molecule has 0 saturated heterocycles. The van der Waals surface area contributed by atoms with E-state index in [1.807, 2.05) is 12.2 Å². The number of anilines is 1. The predicted octanol–water partition coefficient (Wildman–Crippen LogP) is 1.86. The molecule has 0 aliphatic heterocycles. The van der Waals surface area contributed by atoms with Crippen LogP contribution in [0.25, 0.3) is 0 Å². The number of aliphatic carboxylic acids is 1. The van der Waals surface area contributed by atoms with Crippen molar-refractivity contribution in [2.24, 2.45) is 29.1 Å². The highest BCUT2D eigenvalue weighted by molar-refractivity contribution is 6.30. The molecular formula is C17H15ClNO3-. The number of hydrogen-bond acceptors (Lipinski definition) is 3. The van der Waals surface area contributed by atoms with Gasteiger partial charge in [0.15, 0.2) is 0 Å². The van der Waals surface area contributed by atoms with Crippen molar-refractivity contribution in [3.8, 4) is 0 Å². The minimum absolute atomic E-state index is 0.00669. The van der Waals surface area contributed by atoms with E-state index in [9.17, 15) is 14.7 Å². The van der Waals surface area contributed by atoms with Gasteiger partial charge in [0.05, 0.1) is 5.92 Å². The molecule has 0 unspecified atom stereocenters. The van der Waals surface area contributed by atoms with Gasteiger partial charge in [-0.25, -0.2) is 0 Å². The first kappa shape index (κ1) is 13.8. The summed E-state index contributed by atoms with van der Waals surface area (Å²) in [5.41, 5.74) is 0.635. The molecule has 2 saturated carbocycles. The number of hydrogen-bond donors (Lipinski definition) is 1. The first-order valence-corrected chi connectivity index (χ1v) is 7.86. The van der Waals surface area contributed by atoms with Gasteiger partial charge in [0, 0.05) is 22.6 Å². The van der Waals surface area contributed by atoms with Gasteiger partial charge in [-0.3, -0.25) is 4.79 Å². The second-order valence-electron chi connectivity index (χ2n) is 6.54. The first-order chi connectivity index (χ1) is 10.5. The highest BCUT2D eigenvalue weighted by Crippen LogP contribution is 2.71. The monoisotopic (exact) mass is 316 g/mol. The zero-order valence-electron chi connectivity index (χ0n) is 11.8. The Bertz CT molecular complexity index is 678. The van der Waals surface area contributed by atoms with Crippen molar-refractivity contribution < 1.29 is 14.7 Å². The summed E-state index contributed by atoms with van der Waals surface area (Å²) in [7, 11) is 0. The van der Waals surface area contributed by atoms with Gasteiger partial charge in [-0.1, -0.05) is 23.8 Å². The number of halogens is 1. The molecule has 0 aromatic heterocycles. The third kappa shape index (κ3) is 1.83. The highest BCUT2D eigenvalue weighted by Gasteiger charge is 2.68. The minimum Gasteiger partial charge on any atom is -0.550 e. The molecule has 2 bridgehead atoms. The quantitative estimate of drug-likeness (QED) is 0.865. The lowest BCUT2D eigenvalue weighted by atomic mass is 9.82. The van der Waals surface area contributed by atoms with Crippen LogP contribution in [0.2, 0.25) is 5.02 Å². The maximum Gasteiger partial charge on any atom is 0.228 e. The third-order valence-corrected chi connectivity index (χ3v) is 5.78. The Hall–Kier alpha value is -1.81. The van der Waals surface area contributed by atoms with E-state index in [4.69, 9.17) is 11.6 Å². The van der Waals surface area contributed by atoms with Gasteiger partial charge in [-0.2, -0.15) is 0 Å². The SMILES string of the molecule is O=C([O-])[C@@H]1[C@H](C(=O)Nc2ccc(Cl)cc2)[C@H]2C=C[C@@H]1C21CC1. The molecular weight excluding hydrogens is 302 g/mol. The number of allylic oxidation sites excluding steroid dienone is 2. The number of amides is 1. The van der Waals surface area contributed by atoms with Crippen molar-refractivity contribution in [1.29, 1.82) is 0 Å². The zero-order valence-corrected chi connectivity index (χ0v) is 12.5. The number of rotatable bonds is 3. The number of carbonyl (C=O) groups is 2. The van der Waals surface area contributed by atoms with Crippen LogP contribution >= 0.6 is 11.6 Å². The maximum absolute atomic E-state index is 12.7. The van der Waals surface area contributed by atoms with Gasteiger partial charge in [0.1, 0.15) is 0 Å². The highest BCUT2D eigenvalue weighted by atomic mass is 35.5. The molecule has 3 aliphatic rings. The molecule has 1 N–H and O–H groups in total. The van der Waals surface area contributed by atoms with Crippen molar-refractivity contribution in [3.63, 3.8) is 0 Å². The van der Waals surface area contributed by atoms with E-state index >= 15 is 0 Å². The van der Waals surface area contributed by atoms with Crippen molar-refractivity contribution in [2.45, 2.75) is 12.8 Å². The van der Waals surface area contributed by atoms with Gasteiger partial charge in [-0.15, -0.1) is 0 Å². The van der Waals surface area contributed by atoms with Crippen LogP contribution in [0.3, 0.4) is 0 Å². The Labute approximate surface area is 133 Å². The fourth-order valence-electron chi connectivity index (χ4n) is 4.44. The molecule has 3 aliphatic carbocycles. The van der Waals surface area contributed by atoms with Crippen molar-refractivity contribution in [3.05, 3.63) is 41.4 Å². The standard InChI is InChI=1S/C17H16ClNO3/c18-9-1-3-10(4-2-9)19-15(20)13-11-5-6-12(14(13)16(21)22)17(11)7-8-17/h1-6,11-14H,7-8H2,(H,19,20)(H,21,22)/p-1/t11-,12+,13-,14+/m1/s1. The molecule has 1 spiro atoms. The first-order valence-electron chi connectivity index (χ1n) is 7.48. The Balaban J connectivity index is 1.60. The van der Waals surface area contributed by atoms with Crippen LogP contribution in [0.1, 0.15) is 12.8 Å². The Morgan fingerprint density at radius 3 is 2.23 bits per heavy atom. The normalized spacial score (nSPS) is 33.1. The molecule has 0 radical (unpaired) electrons. The molecule has 114 valence electrons. The molecule has 4 atom stereocenters. The average molecular weight is 317 g/mol. The summed E-state index contributed by atoms with van der Waals surface area (Å²) >= 11 is 5.83. The summed E-state index contributed by atoms with van der Waals surface area (Å²) in [5, 5.41) is 15.0. The second-order valence-corrected chi connectivity index (χ2v) is 6.97. The largest absolute Gasteiger partial charge is 0.550 e. The van der Waals surface area contributed by atoms with Gasteiger partial charge >= 0.3 is 0 Å². The zero-order chi connectivity index (χ0) is 15.5. The second kappa shape index (κ2) is 4.59. The molecule has 2 fully saturated rings. The average Bonchev–Trinajstić information content (AvgIpc) is 3.15. The van der Waals surface area contributed by atoms with E-state index in [1.165, 1.54) is 0 Å². The molecule has 4 nitrogen and oxygen atoms in total. The molecule has 0 heterocycles. The maximum atomic E-state index is 12.7. The lowest BCUT2D eigenvalue weighted by Crippen LogP contribution is -2.42. The van der Waals surface area contributed by atoms with Crippen LogP contribution in [0.15, 0.2) is 36.4 Å². The van der Waals surface area contributed by atoms with E-state index in [0.29, 0.717) is 10.7 Å². The molecule has 4 rings (SSSR count). The van der Waals surface area contributed by atoms with Crippen molar-refractivity contribution >= 4 is 29.2 Å². The number of carboxylic acid groups (broad SMARTS) is 1. The summed E-state index contributed by atoms with van der Waals surface area (Å²) in [6.45, 7) is 0. The Morgan fingerprint density at radius 2 is 1.68 bits per heavy atom. The third-order valence-electron chi connectivity index (χ3n) is 5.53.